The first-order valence-corrected chi connectivity index (χ1v) is 7.15. The summed E-state index contributed by atoms with van der Waals surface area (Å²) in [5, 5.41) is 13.8. The maximum atomic E-state index is 11.5. The van der Waals surface area contributed by atoms with E-state index in [4.69, 9.17) is 0 Å². The fraction of sp³-hybridized carbons (Fsp3) is 0.111. The summed E-state index contributed by atoms with van der Waals surface area (Å²) in [6.07, 6.45) is 0.624. The lowest BCUT2D eigenvalue weighted by Crippen LogP contribution is -2.04. The van der Waals surface area contributed by atoms with Gasteiger partial charge in [0.1, 0.15) is 0 Å². The summed E-state index contributed by atoms with van der Waals surface area (Å²) in [4.78, 5) is 11.5. The van der Waals surface area contributed by atoms with E-state index in [2.05, 4.69) is 5.10 Å². The smallest absolute Gasteiger partial charge is 0.356 e. The number of aromatic carboxylic acids is 1. The topological polar surface area (TPSA) is 55.1 Å². The van der Waals surface area contributed by atoms with Crippen LogP contribution in [0, 0.1) is 6.92 Å². The lowest BCUT2D eigenvalue weighted by Gasteiger charge is -2.07. The summed E-state index contributed by atoms with van der Waals surface area (Å²) >= 11 is 0. The van der Waals surface area contributed by atoms with E-state index in [1.807, 2.05) is 55.5 Å². The zero-order chi connectivity index (χ0) is 15.3. The maximum Gasteiger partial charge on any atom is 0.356 e. The van der Waals surface area contributed by atoms with Crippen molar-refractivity contribution >= 4 is 5.97 Å². The monoisotopic (exact) mass is 290 g/mol. The molecule has 1 aliphatic rings. The minimum absolute atomic E-state index is 0.145. The number of aryl methyl sites for hydroxylation is 1. The van der Waals surface area contributed by atoms with Crippen LogP contribution in [0.25, 0.3) is 16.9 Å². The number of carbonyl (C=O) groups is 1. The number of benzene rings is 2. The van der Waals surface area contributed by atoms with Crippen molar-refractivity contribution in [2.45, 2.75) is 13.3 Å². The second-order valence-electron chi connectivity index (χ2n) is 5.56. The second kappa shape index (κ2) is 4.56. The van der Waals surface area contributed by atoms with Crippen LogP contribution in [0.2, 0.25) is 0 Å². The second-order valence-corrected chi connectivity index (χ2v) is 5.56. The number of aromatic nitrogens is 2. The van der Waals surface area contributed by atoms with Gasteiger partial charge in [-0.15, -0.1) is 0 Å². The van der Waals surface area contributed by atoms with Crippen LogP contribution in [0.4, 0.5) is 0 Å². The predicted molar refractivity (Wildman–Crippen MR) is 83.5 cm³/mol. The van der Waals surface area contributed by atoms with Gasteiger partial charge in [-0.3, -0.25) is 0 Å². The molecule has 4 nitrogen and oxygen atoms in total. The van der Waals surface area contributed by atoms with E-state index in [1.54, 1.807) is 4.68 Å². The van der Waals surface area contributed by atoms with Gasteiger partial charge in [0.25, 0.3) is 0 Å². The lowest BCUT2D eigenvalue weighted by molar-refractivity contribution is 0.0689. The van der Waals surface area contributed by atoms with Crippen LogP contribution < -0.4 is 0 Å². The van der Waals surface area contributed by atoms with Gasteiger partial charge in [0.05, 0.1) is 11.4 Å². The van der Waals surface area contributed by atoms with E-state index in [-0.39, 0.29) is 5.69 Å². The van der Waals surface area contributed by atoms with Crippen molar-refractivity contribution in [2.75, 3.05) is 0 Å². The molecular weight excluding hydrogens is 276 g/mol. The minimum Gasteiger partial charge on any atom is -0.476 e. The molecule has 4 heteroatoms. The molecule has 0 bridgehead atoms. The normalized spacial score (nSPS) is 12.0. The molecule has 4 rings (SSSR count). The Morgan fingerprint density at radius 2 is 1.86 bits per heavy atom. The average molecular weight is 290 g/mol. The Balaban J connectivity index is 2.00. The third kappa shape index (κ3) is 1.77. The van der Waals surface area contributed by atoms with E-state index in [0.717, 1.165) is 33.6 Å². The van der Waals surface area contributed by atoms with Gasteiger partial charge in [0.15, 0.2) is 5.69 Å². The maximum absolute atomic E-state index is 11.5. The van der Waals surface area contributed by atoms with Gasteiger partial charge >= 0.3 is 5.97 Å². The molecule has 0 unspecified atom stereocenters. The molecule has 0 aliphatic heterocycles. The van der Waals surface area contributed by atoms with Crippen LogP contribution in [0.3, 0.4) is 0 Å². The van der Waals surface area contributed by atoms with Crippen molar-refractivity contribution in [3.05, 3.63) is 70.9 Å². The van der Waals surface area contributed by atoms with Crippen molar-refractivity contribution < 1.29 is 9.90 Å². The molecule has 3 aromatic rings. The SMILES string of the molecule is Cc1ccc(-n2nc(C(=O)O)c3c2-c2ccccc2C3)cc1. The highest BCUT2D eigenvalue weighted by molar-refractivity contribution is 5.92. The zero-order valence-corrected chi connectivity index (χ0v) is 12.1. The van der Waals surface area contributed by atoms with Crippen molar-refractivity contribution in [3.63, 3.8) is 0 Å². The number of carboxylic acids is 1. The molecule has 0 fully saturated rings. The number of carboxylic acid groups (broad SMARTS) is 1. The number of nitrogens with zero attached hydrogens (tertiary/aromatic N) is 2. The third-order valence-electron chi connectivity index (χ3n) is 4.10. The zero-order valence-electron chi connectivity index (χ0n) is 12.1. The first-order valence-electron chi connectivity index (χ1n) is 7.15. The van der Waals surface area contributed by atoms with Crippen LogP contribution in [-0.4, -0.2) is 20.9 Å². The Labute approximate surface area is 127 Å². The summed E-state index contributed by atoms with van der Waals surface area (Å²) in [6, 6.07) is 16.0. The molecule has 1 heterocycles. The highest BCUT2D eigenvalue weighted by Gasteiger charge is 2.30. The Morgan fingerprint density at radius 3 is 2.59 bits per heavy atom. The number of rotatable bonds is 2. The van der Waals surface area contributed by atoms with Gasteiger partial charge in [0, 0.05) is 17.5 Å². The Bertz CT molecular complexity index is 892. The fourth-order valence-corrected chi connectivity index (χ4v) is 3.04. The van der Waals surface area contributed by atoms with Gasteiger partial charge in [-0.1, -0.05) is 42.0 Å². The molecular formula is C18H14N2O2. The molecule has 1 aromatic heterocycles. The molecule has 1 N–H and O–H groups in total. The molecule has 0 atom stereocenters. The van der Waals surface area contributed by atoms with Crippen molar-refractivity contribution in [3.8, 4) is 16.9 Å². The lowest BCUT2D eigenvalue weighted by atomic mass is 10.1. The van der Waals surface area contributed by atoms with Gasteiger partial charge in [-0.2, -0.15) is 5.10 Å². The molecule has 0 saturated heterocycles. The molecule has 108 valence electrons. The molecule has 0 radical (unpaired) electrons. The number of fused-ring (bicyclic) bond motifs is 3. The van der Waals surface area contributed by atoms with Gasteiger partial charge in [0.2, 0.25) is 0 Å². The van der Waals surface area contributed by atoms with Crippen LogP contribution in [0.1, 0.15) is 27.2 Å². The highest BCUT2D eigenvalue weighted by atomic mass is 16.4. The van der Waals surface area contributed by atoms with Crippen LogP contribution in [-0.2, 0) is 6.42 Å². The van der Waals surface area contributed by atoms with Gasteiger partial charge < -0.3 is 5.11 Å². The van der Waals surface area contributed by atoms with Crippen molar-refractivity contribution in [2.24, 2.45) is 0 Å². The van der Waals surface area contributed by atoms with Crippen LogP contribution in [0.5, 0.6) is 0 Å². The summed E-state index contributed by atoms with van der Waals surface area (Å²) in [7, 11) is 0. The fourth-order valence-electron chi connectivity index (χ4n) is 3.04. The van der Waals surface area contributed by atoms with E-state index in [1.165, 1.54) is 0 Å². The minimum atomic E-state index is -0.977. The first kappa shape index (κ1) is 12.8. The molecule has 0 amide bonds. The van der Waals surface area contributed by atoms with Gasteiger partial charge in [-0.05, 0) is 24.6 Å². The Kier molecular flexibility index (Phi) is 2.66. The van der Waals surface area contributed by atoms with E-state index in [0.29, 0.717) is 6.42 Å². The number of hydrogen-bond acceptors (Lipinski definition) is 2. The number of hydrogen-bond donors (Lipinski definition) is 1. The van der Waals surface area contributed by atoms with Crippen LogP contribution >= 0.6 is 0 Å². The van der Waals surface area contributed by atoms with Crippen molar-refractivity contribution in [1.29, 1.82) is 0 Å². The average Bonchev–Trinajstić information content (AvgIpc) is 3.05. The quantitative estimate of drug-likeness (QED) is 0.615. The van der Waals surface area contributed by atoms with Crippen molar-refractivity contribution in [1.82, 2.24) is 9.78 Å². The summed E-state index contributed by atoms with van der Waals surface area (Å²) in [6.45, 7) is 2.02. The third-order valence-corrected chi connectivity index (χ3v) is 4.10. The highest BCUT2D eigenvalue weighted by Crippen LogP contribution is 2.39. The molecule has 2 aromatic carbocycles. The summed E-state index contributed by atoms with van der Waals surface area (Å²) in [5.74, 6) is -0.977. The Hall–Kier alpha value is -2.88. The molecule has 0 spiro atoms. The first-order chi connectivity index (χ1) is 10.6. The van der Waals surface area contributed by atoms with Crippen LogP contribution in [0.15, 0.2) is 48.5 Å². The molecule has 0 saturated carbocycles. The van der Waals surface area contributed by atoms with E-state index in [9.17, 15) is 9.90 Å². The summed E-state index contributed by atoms with van der Waals surface area (Å²) in [5.41, 5.74) is 6.10. The summed E-state index contributed by atoms with van der Waals surface area (Å²) < 4.78 is 1.75. The largest absolute Gasteiger partial charge is 0.476 e. The predicted octanol–water partition coefficient (Wildman–Crippen LogP) is 3.45. The van der Waals surface area contributed by atoms with E-state index >= 15 is 0 Å². The molecule has 1 aliphatic carbocycles. The Morgan fingerprint density at radius 1 is 1.14 bits per heavy atom. The van der Waals surface area contributed by atoms with Gasteiger partial charge in [-0.25, -0.2) is 9.48 Å². The standard InChI is InChI=1S/C18H14N2O2/c1-11-6-8-13(9-7-11)20-17-14-5-3-2-4-12(14)10-15(17)16(19-20)18(21)22/h2-9H,10H2,1H3,(H,21,22). The van der Waals surface area contributed by atoms with E-state index < -0.39 is 5.97 Å². The molecule has 22 heavy (non-hydrogen) atoms.